The van der Waals surface area contributed by atoms with Crippen LogP contribution in [0.25, 0.3) is 0 Å². The Hall–Kier alpha value is -4.42. The van der Waals surface area contributed by atoms with Crippen molar-refractivity contribution in [2.75, 3.05) is 14.2 Å². The van der Waals surface area contributed by atoms with Gasteiger partial charge in [0, 0.05) is 37.6 Å². The zero-order valence-corrected chi connectivity index (χ0v) is 23.0. The van der Waals surface area contributed by atoms with Crippen molar-refractivity contribution in [1.82, 2.24) is 14.5 Å². The van der Waals surface area contributed by atoms with Crippen LogP contribution in [0.5, 0.6) is 17.2 Å². The molecule has 2 aromatic carbocycles. The molecule has 0 radical (unpaired) electrons. The standard InChI is InChI=1S/C27H31F3N4O6/c1-26(2,3)40-25(36)32-24-33(4)7-8-34(24)16-18-9-19(13-22(12-18)39-27(28,29)30)23(35)31-15-17-10-20(37-5)14-21(11-17)38-6/h7-14H,15-16H2,1-6H3,(H,31,35)/b32-24+. The third kappa shape index (κ3) is 8.82. The number of aromatic nitrogens is 2. The van der Waals surface area contributed by atoms with Gasteiger partial charge in [0.2, 0.25) is 5.62 Å². The molecule has 0 spiro atoms. The number of imidazole rings is 1. The number of nitrogens with zero attached hydrogens (tertiary/aromatic N) is 3. The predicted molar refractivity (Wildman–Crippen MR) is 138 cm³/mol. The number of halogens is 3. The fourth-order valence-corrected chi connectivity index (χ4v) is 3.67. The van der Waals surface area contributed by atoms with Gasteiger partial charge in [0.05, 0.1) is 20.8 Å². The number of ether oxygens (including phenoxy) is 4. The first-order valence-corrected chi connectivity index (χ1v) is 12.0. The number of benzene rings is 2. The smallest absolute Gasteiger partial charge is 0.497 e. The summed E-state index contributed by atoms with van der Waals surface area (Å²) in [6.07, 6.45) is -2.58. The number of hydrogen-bond donors (Lipinski definition) is 1. The largest absolute Gasteiger partial charge is 0.573 e. The van der Waals surface area contributed by atoms with E-state index in [0.717, 1.165) is 12.1 Å². The van der Waals surface area contributed by atoms with Gasteiger partial charge in [-0.3, -0.25) is 4.79 Å². The maximum Gasteiger partial charge on any atom is 0.573 e. The lowest BCUT2D eigenvalue weighted by Gasteiger charge is -2.17. The van der Waals surface area contributed by atoms with Crippen LogP contribution < -0.4 is 25.1 Å². The third-order valence-corrected chi connectivity index (χ3v) is 5.31. The number of nitrogens with one attached hydrogen (secondary N) is 1. The van der Waals surface area contributed by atoms with E-state index < -0.39 is 29.7 Å². The van der Waals surface area contributed by atoms with E-state index in [1.807, 2.05) is 0 Å². The zero-order valence-electron chi connectivity index (χ0n) is 23.0. The van der Waals surface area contributed by atoms with Crippen molar-refractivity contribution in [1.29, 1.82) is 0 Å². The molecule has 0 aliphatic heterocycles. The van der Waals surface area contributed by atoms with E-state index in [-0.39, 0.29) is 24.3 Å². The molecule has 0 saturated heterocycles. The molecule has 216 valence electrons. The van der Waals surface area contributed by atoms with Crippen LogP contribution in [0.2, 0.25) is 0 Å². The Morgan fingerprint density at radius 3 is 2.10 bits per heavy atom. The highest BCUT2D eigenvalue weighted by Crippen LogP contribution is 2.26. The Morgan fingerprint density at radius 1 is 0.900 bits per heavy atom. The molecule has 40 heavy (non-hydrogen) atoms. The zero-order chi connectivity index (χ0) is 29.7. The molecule has 0 bridgehead atoms. The van der Waals surface area contributed by atoms with Crippen LogP contribution in [-0.2, 0) is 24.9 Å². The van der Waals surface area contributed by atoms with Crippen LogP contribution in [0.15, 0.2) is 53.8 Å². The van der Waals surface area contributed by atoms with Crippen LogP contribution in [0.4, 0.5) is 18.0 Å². The number of carbonyl (C=O) groups is 2. The Bertz CT molecular complexity index is 1410. The van der Waals surface area contributed by atoms with Gasteiger partial charge >= 0.3 is 12.5 Å². The van der Waals surface area contributed by atoms with Crippen molar-refractivity contribution < 1.29 is 41.7 Å². The number of hydrogen-bond acceptors (Lipinski definition) is 6. The van der Waals surface area contributed by atoms with Gasteiger partial charge in [0.25, 0.3) is 5.91 Å². The summed E-state index contributed by atoms with van der Waals surface area (Å²) in [5.74, 6) is -0.175. The summed E-state index contributed by atoms with van der Waals surface area (Å²) in [6, 6.07) is 8.65. The molecule has 3 aromatic rings. The van der Waals surface area contributed by atoms with Crippen molar-refractivity contribution >= 4 is 12.0 Å². The van der Waals surface area contributed by atoms with Crippen molar-refractivity contribution in [2.24, 2.45) is 12.0 Å². The average molecular weight is 565 g/mol. The maximum absolute atomic E-state index is 13.1. The minimum atomic E-state index is -4.97. The van der Waals surface area contributed by atoms with E-state index >= 15 is 0 Å². The molecule has 0 atom stereocenters. The second-order valence-electron chi connectivity index (χ2n) is 9.75. The second kappa shape index (κ2) is 12.2. The lowest BCUT2D eigenvalue weighted by molar-refractivity contribution is -0.274. The quantitative estimate of drug-likeness (QED) is 0.430. The molecule has 1 N–H and O–H groups in total. The van der Waals surface area contributed by atoms with Gasteiger partial charge in [0.15, 0.2) is 0 Å². The number of aryl methyl sites for hydroxylation is 1. The molecule has 0 unspecified atom stereocenters. The Labute approximate surface area is 228 Å². The predicted octanol–water partition coefficient (Wildman–Crippen LogP) is 4.56. The highest BCUT2D eigenvalue weighted by Gasteiger charge is 2.31. The average Bonchev–Trinajstić information content (AvgIpc) is 3.18. The number of rotatable bonds is 8. The first-order chi connectivity index (χ1) is 18.7. The Kier molecular flexibility index (Phi) is 9.17. The summed E-state index contributed by atoms with van der Waals surface area (Å²) in [5, 5.41) is 2.68. The second-order valence-corrected chi connectivity index (χ2v) is 9.75. The summed E-state index contributed by atoms with van der Waals surface area (Å²) < 4.78 is 62.1. The van der Waals surface area contributed by atoms with Crippen LogP contribution in [0, 0.1) is 0 Å². The number of alkyl halides is 3. The van der Waals surface area contributed by atoms with E-state index in [2.05, 4.69) is 15.0 Å². The molecular formula is C27H31F3N4O6. The molecule has 0 fully saturated rings. The number of methoxy groups -OCH3 is 2. The topological polar surface area (TPSA) is 105 Å². The number of carbonyl (C=O) groups excluding carboxylic acids is 2. The lowest BCUT2D eigenvalue weighted by Crippen LogP contribution is -2.29. The van der Waals surface area contributed by atoms with Gasteiger partial charge in [-0.15, -0.1) is 18.2 Å². The van der Waals surface area contributed by atoms with Crippen LogP contribution in [0.1, 0.15) is 42.3 Å². The molecule has 0 aliphatic carbocycles. The Morgan fingerprint density at radius 2 is 1.52 bits per heavy atom. The monoisotopic (exact) mass is 564 g/mol. The molecule has 3 rings (SSSR count). The molecule has 13 heteroatoms. The van der Waals surface area contributed by atoms with Crippen LogP contribution in [-0.4, -0.2) is 47.3 Å². The highest BCUT2D eigenvalue weighted by molar-refractivity contribution is 5.94. The minimum Gasteiger partial charge on any atom is -0.497 e. The van der Waals surface area contributed by atoms with Crippen LogP contribution in [0.3, 0.4) is 0 Å². The summed E-state index contributed by atoms with van der Waals surface area (Å²) in [7, 11) is 4.62. The van der Waals surface area contributed by atoms with Gasteiger partial charge in [0.1, 0.15) is 22.8 Å². The van der Waals surface area contributed by atoms with Gasteiger partial charge < -0.3 is 33.4 Å². The van der Waals surface area contributed by atoms with Gasteiger partial charge in [-0.1, -0.05) is 0 Å². The van der Waals surface area contributed by atoms with E-state index in [9.17, 15) is 22.8 Å². The van der Waals surface area contributed by atoms with Gasteiger partial charge in [-0.2, -0.15) is 0 Å². The summed E-state index contributed by atoms with van der Waals surface area (Å²) in [4.78, 5) is 29.3. The molecule has 10 nitrogen and oxygen atoms in total. The van der Waals surface area contributed by atoms with Gasteiger partial charge in [-0.25, -0.2) is 4.79 Å². The SMILES string of the molecule is COc1cc(CNC(=O)c2cc(Cn3ccn(C)/c3=N\C(=O)OC(C)(C)C)cc(OC(F)(F)F)c2)cc(OC)c1. The van der Waals surface area contributed by atoms with E-state index in [1.165, 1.54) is 24.9 Å². The van der Waals surface area contributed by atoms with Crippen molar-refractivity contribution in [3.63, 3.8) is 0 Å². The molecule has 1 aromatic heterocycles. The maximum atomic E-state index is 13.1. The molecular weight excluding hydrogens is 533 g/mol. The first kappa shape index (κ1) is 30.1. The van der Waals surface area contributed by atoms with Crippen molar-refractivity contribution in [2.45, 2.75) is 45.8 Å². The minimum absolute atomic E-state index is 0.0229. The molecule has 2 amide bonds. The molecule has 1 heterocycles. The van der Waals surface area contributed by atoms with Crippen molar-refractivity contribution in [3.8, 4) is 17.2 Å². The molecule has 0 aliphatic rings. The van der Waals surface area contributed by atoms with Gasteiger partial charge in [-0.05, 0) is 62.2 Å². The summed E-state index contributed by atoms with van der Waals surface area (Å²) in [5.41, 5.74) is 0.314. The Balaban J connectivity index is 1.91. The summed E-state index contributed by atoms with van der Waals surface area (Å²) in [6.45, 7) is 5.12. The first-order valence-electron chi connectivity index (χ1n) is 12.0. The number of amides is 2. The van der Waals surface area contributed by atoms with E-state index in [4.69, 9.17) is 14.2 Å². The highest BCUT2D eigenvalue weighted by atomic mass is 19.4. The lowest BCUT2D eigenvalue weighted by atomic mass is 10.1. The van der Waals surface area contributed by atoms with Crippen LogP contribution >= 0.6 is 0 Å². The fourth-order valence-electron chi connectivity index (χ4n) is 3.67. The molecule has 0 saturated carbocycles. The third-order valence-electron chi connectivity index (χ3n) is 5.31. The van der Waals surface area contributed by atoms with E-state index in [1.54, 1.807) is 63.0 Å². The normalized spacial score (nSPS) is 12.2. The van der Waals surface area contributed by atoms with Crippen molar-refractivity contribution in [3.05, 3.63) is 71.1 Å². The van der Waals surface area contributed by atoms with E-state index in [0.29, 0.717) is 22.6 Å². The fraction of sp³-hybridized carbons (Fsp3) is 0.370. The summed E-state index contributed by atoms with van der Waals surface area (Å²) >= 11 is 0.